The molecular weight excluding hydrogens is 566 g/mol. The maximum Gasteiger partial charge on any atom is 0.410 e. The van der Waals surface area contributed by atoms with Crippen molar-refractivity contribution in [2.24, 2.45) is 0 Å². The Hall–Kier alpha value is -3.29. The number of aromatic nitrogens is 3. The van der Waals surface area contributed by atoms with E-state index in [9.17, 15) is 21.6 Å². The molecule has 0 aliphatic carbocycles. The molecule has 220 valence electrons. The lowest BCUT2D eigenvalue weighted by Crippen LogP contribution is -2.48. The molecule has 1 fully saturated rings. The van der Waals surface area contributed by atoms with Gasteiger partial charge < -0.3 is 9.64 Å². The molecule has 0 bridgehead atoms. The zero-order valence-electron chi connectivity index (χ0n) is 23.6. The predicted molar refractivity (Wildman–Crippen MR) is 155 cm³/mol. The van der Waals surface area contributed by atoms with E-state index in [2.05, 4.69) is 9.97 Å². The molecule has 0 radical (unpaired) electrons. The van der Waals surface area contributed by atoms with Gasteiger partial charge in [-0.05, 0) is 64.7 Å². The molecule has 0 spiro atoms. The van der Waals surface area contributed by atoms with Gasteiger partial charge in [-0.3, -0.25) is 0 Å². The highest BCUT2D eigenvalue weighted by molar-refractivity contribution is 7.90. The summed E-state index contributed by atoms with van der Waals surface area (Å²) >= 11 is 0. The number of rotatable bonds is 5. The van der Waals surface area contributed by atoms with Crippen LogP contribution in [-0.4, -0.2) is 83.1 Å². The molecular formula is C28H35N5O6S2. The number of likely N-dealkylation sites (tertiary alicyclic amines) is 1. The molecule has 4 heterocycles. The molecule has 3 aromatic rings. The number of ether oxygens (including phenoxy) is 1. The molecule has 0 saturated carbocycles. The fourth-order valence-corrected chi connectivity index (χ4v) is 8.38. The highest BCUT2D eigenvalue weighted by Gasteiger charge is 2.37. The summed E-state index contributed by atoms with van der Waals surface area (Å²) in [5.74, 6) is 0. The van der Waals surface area contributed by atoms with Crippen LogP contribution in [-0.2, 0) is 24.8 Å². The summed E-state index contributed by atoms with van der Waals surface area (Å²) in [6.07, 6.45) is 6.96. The van der Waals surface area contributed by atoms with E-state index >= 15 is 0 Å². The molecule has 2 aliphatic rings. The highest BCUT2D eigenvalue weighted by Crippen LogP contribution is 2.33. The number of fused-ring (bicyclic) bond motifs is 1. The van der Waals surface area contributed by atoms with Crippen LogP contribution < -0.4 is 0 Å². The van der Waals surface area contributed by atoms with Crippen LogP contribution in [0.15, 0.2) is 54.0 Å². The maximum atomic E-state index is 13.5. The summed E-state index contributed by atoms with van der Waals surface area (Å²) in [6.45, 7) is 8.38. The Morgan fingerprint density at radius 1 is 1.02 bits per heavy atom. The Kier molecular flexibility index (Phi) is 7.72. The van der Waals surface area contributed by atoms with Gasteiger partial charge in [-0.1, -0.05) is 23.8 Å². The van der Waals surface area contributed by atoms with Crippen molar-refractivity contribution in [1.82, 2.24) is 23.1 Å². The lowest BCUT2D eigenvalue weighted by atomic mass is 10.0. The third-order valence-corrected chi connectivity index (χ3v) is 11.4. The standard InChI is InChI=1S/C28H35N5O6S2/c1-20-5-7-22(8-6-20)41(37,38)33-18-25(24-17-29-19-30-26(24)33)21-9-15-32(16-10-21)40(35,36)23-11-13-31(14-12-23)27(34)39-28(2,3)4/h5-9,17-19,23H,10-16H2,1-4H3. The molecule has 0 unspecified atom stereocenters. The highest BCUT2D eigenvalue weighted by atomic mass is 32.2. The second kappa shape index (κ2) is 10.8. The van der Waals surface area contributed by atoms with Crippen molar-refractivity contribution in [3.63, 3.8) is 0 Å². The van der Waals surface area contributed by atoms with E-state index in [1.807, 2.05) is 13.0 Å². The Morgan fingerprint density at radius 3 is 2.32 bits per heavy atom. The number of hydrogen-bond donors (Lipinski definition) is 0. The number of aryl methyl sites for hydroxylation is 1. The summed E-state index contributed by atoms with van der Waals surface area (Å²) in [4.78, 5) is 22.5. The average Bonchev–Trinajstić information content (AvgIpc) is 3.33. The van der Waals surface area contributed by atoms with E-state index in [-0.39, 0.29) is 23.6 Å². The Labute approximate surface area is 240 Å². The first-order valence-corrected chi connectivity index (χ1v) is 16.5. The Bertz CT molecular complexity index is 1700. The molecule has 2 aliphatic heterocycles. The Balaban J connectivity index is 1.34. The zero-order chi connectivity index (χ0) is 29.6. The first kappa shape index (κ1) is 29.2. The number of carbonyl (C=O) groups is 1. The van der Waals surface area contributed by atoms with Gasteiger partial charge in [-0.25, -0.2) is 35.6 Å². The summed E-state index contributed by atoms with van der Waals surface area (Å²) in [6, 6.07) is 6.62. The Morgan fingerprint density at radius 2 is 1.71 bits per heavy atom. The van der Waals surface area contributed by atoms with Crippen molar-refractivity contribution >= 4 is 42.7 Å². The van der Waals surface area contributed by atoms with E-state index in [4.69, 9.17) is 4.74 Å². The van der Waals surface area contributed by atoms with E-state index in [0.29, 0.717) is 43.3 Å². The molecule has 0 N–H and O–H groups in total. The molecule has 2 aromatic heterocycles. The monoisotopic (exact) mass is 601 g/mol. The number of nitrogens with zero attached hydrogens (tertiary/aromatic N) is 5. The molecule has 1 saturated heterocycles. The van der Waals surface area contributed by atoms with Gasteiger partial charge in [-0.15, -0.1) is 0 Å². The lowest BCUT2D eigenvalue weighted by Gasteiger charge is -2.36. The van der Waals surface area contributed by atoms with E-state index < -0.39 is 37.0 Å². The first-order valence-electron chi connectivity index (χ1n) is 13.6. The minimum absolute atomic E-state index is 0.151. The normalized spacial score (nSPS) is 18.0. The largest absolute Gasteiger partial charge is 0.444 e. The third kappa shape index (κ3) is 5.88. The van der Waals surface area contributed by atoms with E-state index in [1.54, 1.807) is 62.3 Å². The fraction of sp³-hybridized carbons (Fsp3) is 0.464. The van der Waals surface area contributed by atoms with Crippen LogP contribution in [0, 0.1) is 6.92 Å². The van der Waals surface area contributed by atoms with Crippen molar-refractivity contribution in [2.75, 3.05) is 26.2 Å². The number of carbonyl (C=O) groups excluding carboxylic acids is 1. The fourth-order valence-electron chi connectivity index (χ4n) is 5.20. The average molecular weight is 602 g/mol. The second-order valence-electron chi connectivity index (χ2n) is 11.5. The molecule has 13 heteroatoms. The van der Waals surface area contributed by atoms with Crippen molar-refractivity contribution in [3.05, 3.63) is 60.2 Å². The van der Waals surface area contributed by atoms with Gasteiger partial charge in [0.2, 0.25) is 10.0 Å². The number of hydrogen-bond acceptors (Lipinski definition) is 8. The summed E-state index contributed by atoms with van der Waals surface area (Å²) < 4.78 is 62.0. The number of piperidine rings is 1. The number of benzene rings is 1. The van der Waals surface area contributed by atoms with Gasteiger partial charge in [-0.2, -0.15) is 4.31 Å². The van der Waals surface area contributed by atoms with Crippen molar-refractivity contribution < 1.29 is 26.4 Å². The SMILES string of the molecule is Cc1ccc(S(=O)(=O)n2cc(C3=CCN(S(=O)(=O)C4CCN(C(=O)OC(C)(C)C)CC4)CC3)c3cncnc32)cc1. The van der Waals surface area contributed by atoms with Crippen molar-refractivity contribution in [3.8, 4) is 0 Å². The molecule has 41 heavy (non-hydrogen) atoms. The van der Waals surface area contributed by atoms with Crippen molar-refractivity contribution in [1.29, 1.82) is 0 Å². The van der Waals surface area contributed by atoms with Crippen LogP contribution in [0.2, 0.25) is 0 Å². The summed E-state index contributed by atoms with van der Waals surface area (Å²) in [5.41, 5.74) is 2.11. The van der Waals surface area contributed by atoms with Crippen LogP contribution >= 0.6 is 0 Å². The minimum Gasteiger partial charge on any atom is -0.444 e. The van der Waals surface area contributed by atoms with Gasteiger partial charge in [0.25, 0.3) is 10.0 Å². The third-order valence-electron chi connectivity index (χ3n) is 7.41. The van der Waals surface area contributed by atoms with E-state index in [0.717, 1.165) is 11.1 Å². The topological polar surface area (TPSA) is 132 Å². The molecule has 0 atom stereocenters. The molecule has 11 nitrogen and oxygen atoms in total. The van der Waals surface area contributed by atoms with Crippen LogP contribution in [0.5, 0.6) is 0 Å². The second-order valence-corrected chi connectivity index (χ2v) is 15.5. The predicted octanol–water partition coefficient (Wildman–Crippen LogP) is 3.80. The van der Waals surface area contributed by atoms with Crippen LogP contribution in [0.25, 0.3) is 16.6 Å². The molecule has 1 aromatic carbocycles. The molecule has 5 rings (SSSR count). The van der Waals surface area contributed by atoms with E-state index in [1.165, 1.54) is 14.6 Å². The van der Waals surface area contributed by atoms with Crippen LogP contribution in [0.4, 0.5) is 4.79 Å². The zero-order valence-corrected chi connectivity index (χ0v) is 25.3. The maximum absolute atomic E-state index is 13.5. The number of amides is 1. The summed E-state index contributed by atoms with van der Waals surface area (Å²) in [7, 11) is -7.50. The lowest BCUT2D eigenvalue weighted by molar-refractivity contribution is 0.0216. The van der Waals surface area contributed by atoms with Gasteiger partial charge in [0, 0.05) is 49.5 Å². The quantitative estimate of drug-likeness (QED) is 0.432. The van der Waals surface area contributed by atoms with Crippen LogP contribution in [0.1, 0.15) is 51.2 Å². The van der Waals surface area contributed by atoms with Gasteiger partial charge in [0.05, 0.1) is 10.1 Å². The van der Waals surface area contributed by atoms with Gasteiger partial charge in [0.1, 0.15) is 11.9 Å². The summed E-state index contributed by atoms with van der Waals surface area (Å²) in [5, 5.41) is 0.00589. The number of sulfonamides is 1. The van der Waals surface area contributed by atoms with Gasteiger partial charge >= 0.3 is 6.09 Å². The van der Waals surface area contributed by atoms with Crippen molar-refractivity contribution in [2.45, 2.75) is 62.7 Å². The first-order chi connectivity index (χ1) is 19.3. The minimum atomic E-state index is -3.91. The smallest absolute Gasteiger partial charge is 0.410 e. The molecule has 1 amide bonds. The van der Waals surface area contributed by atoms with Crippen LogP contribution in [0.3, 0.4) is 0 Å². The van der Waals surface area contributed by atoms with Gasteiger partial charge in [0.15, 0.2) is 5.65 Å².